The number of amides is 1. The van der Waals surface area contributed by atoms with Crippen molar-refractivity contribution in [3.05, 3.63) is 30.3 Å². The maximum absolute atomic E-state index is 11.3. The summed E-state index contributed by atoms with van der Waals surface area (Å²) in [5.41, 5.74) is 0. The molecule has 0 aliphatic heterocycles. The Labute approximate surface area is 88.8 Å². The molecule has 0 aliphatic rings. The minimum atomic E-state index is -0.625. The molecule has 0 aromatic heterocycles. The van der Waals surface area contributed by atoms with E-state index >= 15 is 0 Å². The van der Waals surface area contributed by atoms with Crippen LogP contribution >= 0.6 is 0 Å². The molecule has 0 fully saturated rings. The molecule has 0 saturated heterocycles. The third-order valence-electron chi connectivity index (χ3n) is 1.77. The van der Waals surface area contributed by atoms with E-state index in [1.165, 1.54) is 0 Å². The fourth-order valence-electron chi connectivity index (χ4n) is 0.875. The number of nitrogens with one attached hydrogen (secondary N) is 2. The van der Waals surface area contributed by atoms with Crippen molar-refractivity contribution in [2.45, 2.75) is 13.8 Å². The zero-order chi connectivity index (χ0) is 11.3. The minimum absolute atomic E-state index is 0.0201. The van der Waals surface area contributed by atoms with Gasteiger partial charge >= 0.3 is 6.09 Å². The number of rotatable bonds is 2. The van der Waals surface area contributed by atoms with Crippen molar-refractivity contribution in [2.75, 3.05) is 0 Å². The summed E-state index contributed by atoms with van der Waals surface area (Å²) in [4.78, 5) is 11.3. The Balaban J connectivity index is 2.47. The van der Waals surface area contributed by atoms with Crippen LogP contribution in [0.25, 0.3) is 0 Å². The first-order valence-corrected chi connectivity index (χ1v) is 4.72. The fraction of sp³-hybridized carbons (Fsp3) is 0.273. The summed E-state index contributed by atoms with van der Waals surface area (Å²) in [6.07, 6.45) is -0.625. The summed E-state index contributed by atoms with van der Waals surface area (Å²) < 4.78 is 4.94. The van der Waals surface area contributed by atoms with Crippen LogP contribution in [0.3, 0.4) is 0 Å². The van der Waals surface area contributed by atoms with Crippen LogP contribution in [-0.2, 0) is 0 Å². The number of carbonyl (C=O) groups is 1. The average molecular weight is 206 g/mol. The quantitative estimate of drug-likeness (QED) is 0.576. The Bertz CT molecular complexity index is 347. The molecule has 1 amide bonds. The molecule has 0 radical (unpaired) electrons. The van der Waals surface area contributed by atoms with E-state index < -0.39 is 6.09 Å². The first-order chi connectivity index (χ1) is 7.09. The Morgan fingerprint density at radius 3 is 2.47 bits per heavy atom. The summed E-state index contributed by atoms with van der Waals surface area (Å²) in [7, 11) is 0. The Morgan fingerprint density at radius 1 is 1.33 bits per heavy atom. The molecule has 2 N–H and O–H groups in total. The monoisotopic (exact) mass is 206 g/mol. The number of carbonyl (C=O) groups excluding carboxylic acids is 1. The molecule has 4 nitrogen and oxygen atoms in total. The fourth-order valence-corrected chi connectivity index (χ4v) is 0.875. The van der Waals surface area contributed by atoms with Crippen molar-refractivity contribution in [3.63, 3.8) is 0 Å². The van der Waals surface area contributed by atoms with E-state index in [1.54, 1.807) is 24.3 Å². The third-order valence-corrected chi connectivity index (χ3v) is 1.77. The van der Waals surface area contributed by atoms with E-state index in [4.69, 9.17) is 10.1 Å². The van der Waals surface area contributed by atoms with E-state index in [0.29, 0.717) is 5.75 Å². The summed E-state index contributed by atoms with van der Waals surface area (Å²) >= 11 is 0. The van der Waals surface area contributed by atoms with Gasteiger partial charge in [-0.25, -0.2) is 4.79 Å². The van der Waals surface area contributed by atoms with Crippen molar-refractivity contribution in [2.24, 2.45) is 5.92 Å². The summed E-state index contributed by atoms with van der Waals surface area (Å²) in [6, 6.07) is 8.74. The highest BCUT2D eigenvalue weighted by atomic mass is 16.6. The number of benzene rings is 1. The molecule has 1 aromatic carbocycles. The molecule has 0 saturated carbocycles. The van der Waals surface area contributed by atoms with Gasteiger partial charge < -0.3 is 4.74 Å². The lowest BCUT2D eigenvalue weighted by Crippen LogP contribution is -2.35. The lowest BCUT2D eigenvalue weighted by molar-refractivity contribution is 0.205. The highest BCUT2D eigenvalue weighted by Crippen LogP contribution is 2.08. The zero-order valence-corrected chi connectivity index (χ0v) is 8.78. The second-order valence-corrected chi connectivity index (χ2v) is 3.40. The maximum atomic E-state index is 11.3. The zero-order valence-electron chi connectivity index (χ0n) is 8.78. The molecule has 0 aliphatic carbocycles. The predicted molar refractivity (Wildman–Crippen MR) is 58.2 cm³/mol. The Morgan fingerprint density at radius 2 is 1.93 bits per heavy atom. The molecule has 0 atom stereocenters. The van der Waals surface area contributed by atoms with Crippen LogP contribution in [0.5, 0.6) is 5.75 Å². The smallest absolute Gasteiger partial charge is 0.410 e. The first-order valence-electron chi connectivity index (χ1n) is 4.72. The van der Waals surface area contributed by atoms with Crippen LogP contribution < -0.4 is 10.1 Å². The van der Waals surface area contributed by atoms with E-state index in [-0.39, 0.29) is 11.8 Å². The topological polar surface area (TPSA) is 62.2 Å². The Hall–Kier alpha value is -1.84. The predicted octanol–water partition coefficient (Wildman–Crippen LogP) is 2.41. The molecular weight excluding hydrogens is 192 g/mol. The van der Waals surface area contributed by atoms with Crippen LogP contribution in [0, 0.1) is 11.3 Å². The van der Waals surface area contributed by atoms with Gasteiger partial charge in [0.15, 0.2) is 0 Å². The maximum Gasteiger partial charge on any atom is 0.418 e. The molecule has 1 rings (SSSR count). The summed E-state index contributed by atoms with van der Waals surface area (Å²) in [6.45, 7) is 3.65. The number of hydrogen-bond acceptors (Lipinski definition) is 3. The molecule has 15 heavy (non-hydrogen) atoms. The van der Waals surface area contributed by atoms with Crippen LogP contribution in [-0.4, -0.2) is 11.9 Å². The molecule has 0 heterocycles. The molecule has 0 bridgehead atoms. The highest BCUT2D eigenvalue weighted by molar-refractivity contribution is 5.95. The van der Waals surface area contributed by atoms with Gasteiger partial charge in [0.2, 0.25) is 0 Å². The van der Waals surface area contributed by atoms with Gasteiger partial charge in [-0.1, -0.05) is 32.0 Å². The van der Waals surface area contributed by atoms with Crippen molar-refractivity contribution in [1.29, 1.82) is 5.41 Å². The number of ether oxygens (including phenoxy) is 1. The first kappa shape index (κ1) is 11.2. The van der Waals surface area contributed by atoms with Gasteiger partial charge in [-0.2, -0.15) is 0 Å². The van der Waals surface area contributed by atoms with Crippen molar-refractivity contribution in [1.82, 2.24) is 5.32 Å². The van der Waals surface area contributed by atoms with Gasteiger partial charge in [-0.15, -0.1) is 0 Å². The normalized spacial score (nSPS) is 9.80. The lowest BCUT2D eigenvalue weighted by atomic mass is 10.2. The third kappa shape index (κ3) is 3.81. The molecule has 0 unspecified atom stereocenters. The molecular formula is C11H14N2O2. The van der Waals surface area contributed by atoms with Crippen LogP contribution in [0.15, 0.2) is 30.3 Å². The van der Waals surface area contributed by atoms with Crippen molar-refractivity contribution >= 4 is 11.9 Å². The average Bonchev–Trinajstić information content (AvgIpc) is 2.18. The lowest BCUT2D eigenvalue weighted by Gasteiger charge is -2.09. The molecule has 0 spiro atoms. The molecule has 1 aromatic rings. The van der Waals surface area contributed by atoms with E-state index in [2.05, 4.69) is 5.32 Å². The second-order valence-electron chi connectivity index (χ2n) is 3.40. The van der Waals surface area contributed by atoms with Crippen molar-refractivity contribution in [3.8, 4) is 5.75 Å². The van der Waals surface area contributed by atoms with Gasteiger partial charge in [0.05, 0.1) is 0 Å². The SMILES string of the molecule is CC(C)C(=N)NC(=O)Oc1ccccc1. The Kier molecular flexibility index (Phi) is 3.85. The van der Waals surface area contributed by atoms with Crippen LogP contribution in [0.2, 0.25) is 0 Å². The minimum Gasteiger partial charge on any atom is -0.410 e. The standard InChI is InChI=1S/C11H14N2O2/c1-8(2)10(12)13-11(14)15-9-6-4-3-5-7-9/h3-8H,1-2H3,(H2,12,13,14). The van der Waals surface area contributed by atoms with Gasteiger partial charge in [-0.3, -0.25) is 10.7 Å². The van der Waals surface area contributed by atoms with Gasteiger partial charge in [0, 0.05) is 5.92 Å². The number of hydrogen-bond donors (Lipinski definition) is 2. The van der Waals surface area contributed by atoms with Crippen LogP contribution in [0.4, 0.5) is 4.79 Å². The number of para-hydroxylation sites is 1. The highest BCUT2D eigenvalue weighted by Gasteiger charge is 2.09. The number of amidine groups is 1. The van der Waals surface area contributed by atoms with E-state index in [9.17, 15) is 4.79 Å². The van der Waals surface area contributed by atoms with Gasteiger partial charge in [0.25, 0.3) is 0 Å². The molecule has 4 heteroatoms. The molecule has 80 valence electrons. The van der Waals surface area contributed by atoms with E-state index in [0.717, 1.165) is 0 Å². The summed E-state index contributed by atoms with van der Waals surface area (Å²) in [5, 5.41) is 9.78. The van der Waals surface area contributed by atoms with Gasteiger partial charge in [-0.05, 0) is 12.1 Å². The van der Waals surface area contributed by atoms with Crippen molar-refractivity contribution < 1.29 is 9.53 Å². The van der Waals surface area contributed by atoms with Crippen LogP contribution in [0.1, 0.15) is 13.8 Å². The summed E-state index contributed by atoms with van der Waals surface area (Å²) in [5.74, 6) is 0.593. The van der Waals surface area contributed by atoms with Gasteiger partial charge in [0.1, 0.15) is 11.6 Å². The van der Waals surface area contributed by atoms with E-state index in [1.807, 2.05) is 19.9 Å². The second kappa shape index (κ2) is 5.14. The largest absolute Gasteiger partial charge is 0.418 e.